The third-order valence-corrected chi connectivity index (χ3v) is 1.75. The number of nitrogens with zero attached hydrogens (tertiary/aromatic N) is 1. The fraction of sp³-hybridized carbons (Fsp3) is 0.250. The van der Waals surface area contributed by atoms with Gasteiger partial charge in [0.15, 0.2) is 5.82 Å². The van der Waals surface area contributed by atoms with E-state index in [2.05, 4.69) is 0 Å². The monoisotopic (exact) mass is 202 g/mol. The van der Waals surface area contributed by atoms with Crippen molar-refractivity contribution in [1.29, 1.82) is 0 Å². The third kappa shape index (κ3) is 1.85. The molecule has 0 spiro atoms. The molecule has 0 heterocycles. The van der Waals surface area contributed by atoms with Gasteiger partial charge in [0, 0.05) is 12.1 Å². The predicted molar refractivity (Wildman–Crippen MR) is 45.6 cm³/mol. The maximum atomic E-state index is 12.8. The fourth-order valence-corrected chi connectivity index (χ4v) is 0.991. The molecule has 14 heavy (non-hydrogen) atoms. The van der Waals surface area contributed by atoms with E-state index in [1.807, 2.05) is 0 Å². The van der Waals surface area contributed by atoms with Crippen molar-refractivity contribution in [2.75, 3.05) is 0 Å². The van der Waals surface area contributed by atoms with Crippen LogP contribution in [0.15, 0.2) is 12.1 Å². The van der Waals surface area contributed by atoms with Gasteiger partial charge in [-0.25, -0.2) is 4.39 Å². The van der Waals surface area contributed by atoms with E-state index in [-0.39, 0.29) is 5.56 Å². The van der Waals surface area contributed by atoms with Crippen LogP contribution in [-0.2, 0) is 0 Å². The second kappa shape index (κ2) is 3.67. The minimum absolute atomic E-state index is 0.190. The first-order chi connectivity index (χ1) is 6.43. The molecule has 0 radical (unpaired) electrons. The van der Waals surface area contributed by atoms with Gasteiger partial charge < -0.3 is 5.73 Å². The van der Waals surface area contributed by atoms with Crippen LogP contribution in [0.4, 0.5) is 14.5 Å². The zero-order valence-corrected chi connectivity index (χ0v) is 7.33. The highest BCUT2D eigenvalue weighted by molar-refractivity contribution is 5.38. The third-order valence-electron chi connectivity index (χ3n) is 1.75. The van der Waals surface area contributed by atoms with E-state index in [1.165, 1.54) is 6.92 Å². The lowest BCUT2D eigenvalue weighted by atomic mass is 10.1. The summed E-state index contributed by atoms with van der Waals surface area (Å²) < 4.78 is 25.7. The van der Waals surface area contributed by atoms with Crippen molar-refractivity contribution in [1.82, 2.24) is 0 Å². The molecule has 0 aliphatic heterocycles. The molecule has 1 aromatic rings. The van der Waals surface area contributed by atoms with Crippen molar-refractivity contribution < 1.29 is 13.7 Å². The summed E-state index contributed by atoms with van der Waals surface area (Å²) in [6.45, 7) is 1.52. The van der Waals surface area contributed by atoms with Crippen LogP contribution in [-0.4, -0.2) is 4.92 Å². The Balaban J connectivity index is 3.35. The molecular formula is C8H8F2N2O2. The highest BCUT2D eigenvalue weighted by Crippen LogP contribution is 2.24. The molecule has 76 valence electrons. The van der Waals surface area contributed by atoms with Crippen LogP contribution in [0.3, 0.4) is 0 Å². The molecule has 0 saturated carbocycles. The summed E-state index contributed by atoms with van der Waals surface area (Å²) in [5.41, 5.74) is 4.69. The first-order valence-corrected chi connectivity index (χ1v) is 3.82. The zero-order chi connectivity index (χ0) is 10.9. The maximum Gasteiger partial charge on any atom is 0.308 e. The summed E-state index contributed by atoms with van der Waals surface area (Å²) in [6, 6.07) is 1.21. The summed E-state index contributed by atoms with van der Waals surface area (Å²) in [5, 5.41) is 10.3. The zero-order valence-electron chi connectivity index (χ0n) is 7.33. The van der Waals surface area contributed by atoms with Crippen LogP contribution in [0.2, 0.25) is 0 Å². The van der Waals surface area contributed by atoms with Crippen LogP contribution in [0.25, 0.3) is 0 Å². The number of nitro groups is 1. The Morgan fingerprint density at radius 1 is 1.50 bits per heavy atom. The summed E-state index contributed by atoms with van der Waals surface area (Å²) in [5.74, 6) is -2.72. The van der Waals surface area contributed by atoms with Gasteiger partial charge in [0.25, 0.3) is 0 Å². The van der Waals surface area contributed by atoms with Crippen LogP contribution >= 0.6 is 0 Å². The van der Waals surface area contributed by atoms with Crippen LogP contribution in [0, 0.1) is 21.7 Å². The summed E-state index contributed by atoms with van der Waals surface area (Å²) in [7, 11) is 0. The van der Waals surface area contributed by atoms with Crippen molar-refractivity contribution in [3.63, 3.8) is 0 Å². The van der Waals surface area contributed by atoms with Crippen molar-refractivity contribution in [2.24, 2.45) is 5.73 Å². The van der Waals surface area contributed by atoms with E-state index in [0.717, 1.165) is 12.1 Å². The molecule has 4 nitrogen and oxygen atoms in total. The minimum atomic E-state index is -1.46. The molecule has 0 bridgehead atoms. The highest BCUT2D eigenvalue weighted by Gasteiger charge is 2.20. The molecule has 0 aromatic heterocycles. The Hall–Kier alpha value is -1.56. The molecule has 0 amide bonds. The topological polar surface area (TPSA) is 69.2 Å². The van der Waals surface area contributed by atoms with E-state index in [9.17, 15) is 18.9 Å². The Morgan fingerprint density at radius 3 is 2.50 bits per heavy atom. The number of nitro benzene ring substituents is 1. The predicted octanol–water partition coefficient (Wildman–Crippen LogP) is 1.89. The summed E-state index contributed by atoms with van der Waals surface area (Å²) in [6.07, 6.45) is 0. The SMILES string of the molecule is CC(N)c1cc(F)c(F)c([N+](=O)[O-])c1. The smallest absolute Gasteiger partial charge is 0.308 e. The minimum Gasteiger partial charge on any atom is -0.324 e. The molecule has 1 atom stereocenters. The maximum absolute atomic E-state index is 12.8. The number of halogens is 2. The van der Waals surface area contributed by atoms with Crippen LogP contribution in [0.1, 0.15) is 18.5 Å². The number of benzene rings is 1. The molecule has 0 aliphatic carbocycles. The second-order valence-corrected chi connectivity index (χ2v) is 2.88. The van der Waals surface area contributed by atoms with Gasteiger partial charge in [-0.05, 0) is 18.6 Å². The van der Waals surface area contributed by atoms with Gasteiger partial charge in [-0.3, -0.25) is 10.1 Å². The molecular weight excluding hydrogens is 194 g/mol. The normalized spacial score (nSPS) is 12.6. The Labute approximate surface area is 78.5 Å². The van der Waals surface area contributed by atoms with E-state index in [0.29, 0.717) is 0 Å². The van der Waals surface area contributed by atoms with Crippen molar-refractivity contribution >= 4 is 5.69 Å². The first-order valence-electron chi connectivity index (χ1n) is 3.82. The molecule has 1 rings (SSSR count). The number of hydrogen-bond acceptors (Lipinski definition) is 3. The average molecular weight is 202 g/mol. The lowest BCUT2D eigenvalue weighted by molar-refractivity contribution is -0.387. The van der Waals surface area contributed by atoms with Crippen LogP contribution < -0.4 is 5.73 Å². The van der Waals surface area contributed by atoms with E-state index >= 15 is 0 Å². The van der Waals surface area contributed by atoms with Crippen molar-refractivity contribution in [3.05, 3.63) is 39.4 Å². The Bertz CT molecular complexity index is 380. The molecule has 6 heteroatoms. The quantitative estimate of drug-likeness (QED) is 0.588. The number of nitrogens with two attached hydrogens (primary N) is 1. The van der Waals surface area contributed by atoms with E-state index in [4.69, 9.17) is 5.73 Å². The van der Waals surface area contributed by atoms with Gasteiger partial charge in [0.05, 0.1) is 4.92 Å². The largest absolute Gasteiger partial charge is 0.324 e. The number of rotatable bonds is 2. The van der Waals surface area contributed by atoms with Gasteiger partial charge in [0.1, 0.15) is 0 Å². The molecule has 0 saturated heterocycles. The van der Waals surface area contributed by atoms with Crippen molar-refractivity contribution in [2.45, 2.75) is 13.0 Å². The summed E-state index contributed by atoms with van der Waals surface area (Å²) in [4.78, 5) is 9.33. The second-order valence-electron chi connectivity index (χ2n) is 2.88. The van der Waals surface area contributed by atoms with E-state index < -0.39 is 28.3 Å². The number of hydrogen-bond donors (Lipinski definition) is 1. The van der Waals surface area contributed by atoms with Gasteiger partial charge in [-0.15, -0.1) is 0 Å². The molecule has 1 aromatic carbocycles. The lowest BCUT2D eigenvalue weighted by Gasteiger charge is -2.05. The van der Waals surface area contributed by atoms with Gasteiger partial charge in [-0.2, -0.15) is 4.39 Å². The highest BCUT2D eigenvalue weighted by atomic mass is 19.2. The molecule has 2 N–H and O–H groups in total. The lowest BCUT2D eigenvalue weighted by Crippen LogP contribution is -2.07. The first kappa shape index (κ1) is 10.5. The van der Waals surface area contributed by atoms with Crippen LogP contribution in [0.5, 0.6) is 0 Å². The average Bonchev–Trinajstić information content (AvgIpc) is 2.08. The Kier molecular flexibility index (Phi) is 2.76. The molecule has 0 aliphatic rings. The fourth-order valence-electron chi connectivity index (χ4n) is 0.991. The van der Waals surface area contributed by atoms with Crippen molar-refractivity contribution in [3.8, 4) is 0 Å². The van der Waals surface area contributed by atoms with Gasteiger partial charge >= 0.3 is 5.69 Å². The Morgan fingerprint density at radius 2 is 2.07 bits per heavy atom. The molecule has 0 fully saturated rings. The standard InChI is InChI=1S/C8H8F2N2O2/c1-4(11)5-2-6(9)8(10)7(3-5)12(13)14/h2-4H,11H2,1H3. The summed E-state index contributed by atoms with van der Waals surface area (Å²) >= 11 is 0. The van der Waals surface area contributed by atoms with Gasteiger partial charge in [0.2, 0.25) is 5.82 Å². The molecule has 1 unspecified atom stereocenters. The van der Waals surface area contributed by atoms with Gasteiger partial charge in [-0.1, -0.05) is 0 Å². The van der Waals surface area contributed by atoms with E-state index in [1.54, 1.807) is 0 Å².